The third-order valence-electron chi connectivity index (χ3n) is 5.36. The number of fused-ring (bicyclic) bond motifs is 3. The van der Waals surface area contributed by atoms with Crippen molar-refractivity contribution in [3.63, 3.8) is 0 Å². The molecule has 166 valence electrons. The molecule has 0 spiro atoms. The Kier molecular flexibility index (Phi) is 5.15. The van der Waals surface area contributed by atoms with Crippen LogP contribution in [0.25, 0.3) is 0 Å². The zero-order chi connectivity index (χ0) is 22.3. The first-order valence-electron chi connectivity index (χ1n) is 9.67. The Morgan fingerprint density at radius 1 is 1.32 bits per heavy atom. The number of amides is 3. The standard InChI is InChI=1S/C19H21F3N6O3/c1-26-6-5-15(29)13(9-26)25-18(31)28-11-4-7-27(8-11)14-3-2-12(24-16(14)28)17(30)23-10-19(20,21)22/h2-3,5-6,9,11-12,24H,4,7-8,10H2,1H3,(H,23,30)(H,25,31)/t11-,12?/m0/s1. The lowest BCUT2D eigenvalue weighted by atomic mass is 10.1. The molecule has 9 nitrogen and oxygen atoms in total. The van der Waals surface area contributed by atoms with E-state index in [-0.39, 0.29) is 17.2 Å². The third-order valence-corrected chi connectivity index (χ3v) is 5.36. The number of allylic oxidation sites excluding steroid dienone is 1. The monoisotopic (exact) mass is 438 g/mol. The summed E-state index contributed by atoms with van der Waals surface area (Å²) in [4.78, 5) is 40.9. The maximum absolute atomic E-state index is 13.1. The summed E-state index contributed by atoms with van der Waals surface area (Å²) in [5.74, 6) is -0.529. The largest absolute Gasteiger partial charge is 0.405 e. The lowest BCUT2D eigenvalue weighted by Crippen LogP contribution is -2.56. The summed E-state index contributed by atoms with van der Waals surface area (Å²) in [6.07, 6.45) is 2.29. The number of nitrogens with zero attached hydrogens (tertiary/aromatic N) is 3. The quantitative estimate of drug-likeness (QED) is 0.645. The van der Waals surface area contributed by atoms with Gasteiger partial charge in [-0.25, -0.2) is 4.79 Å². The average molecular weight is 438 g/mol. The van der Waals surface area contributed by atoms with Crippen LogP contribution in [0.15, 0.2) is 46.9 Å². The van der Waals surface area contributed by atoms with Crippen molar-refractivity contribution in [1.29, 1.82) is 0 Å². The molecule has 1 aromatic heterocycles. The number of dihydropyridines is 1. The molecule has 0 aliphatic carbocycles. The molecule has 1 fully saturated rings. The minimum atomic E-state index is -4.53. The zero-order valence-corrected chi connectivity index (χ0v) is 16.6. The van der Waals surface area contributed by atoms with E-state index in [2.05, 4.69) is 10.6 Å². The topological polar surface area (TPSA) is 98.7 Å². The van der Waals surface area contributed by atoms with E-state index in [0.29, 0.717) is 31.0 Å². The number of halogens is 3. The van der Waals surface area contributed by atoms with Crippen molar-refractivity contribution in [3.8, 4) is 0 Å². The fraction of sp³-hybridized carbons (Fsp3) is 0.421. The van der Waals surface area contributed by atoms with Gasteiger partial charge in [-0.2, -0.15) is 13.2 Å². The number of carbonyl (C=O) groups is 2. The van der Waals surface area contributed by atoms with E-state index in [1.165, 1.54) is 23.2 Å². The molecule has 1 unspecified atom stereocenters. The molecule has 0 saturated carbocycles. The number of carbonyl (C=O) groups excluding carboxylic acids is 2. The first-order valence-corrected chi connectivity index (χ1v) is 9.67. The smallest absolute Gasteiger partial charge is 0.366 e. The number of aromatic nitrogens is 1. The molecule has 3 aliphatic heterocycles. The maximum atomic E-state index is 13.1. The van der Waals surface area contributed by atoms with Crippen molar-refractivity contribution in [2.45, 2.75) is 24.7 Å². The van der Waals surface area contributed by atoms with Gasteiger partial charge in [0.2, 0.25) is 11.3 Å². The van der Waals surface area contributed by atoms with Gasteiger partial charge in [0.25, 0.3) is 0 Å². The second-order valence-electron chi connectivity index (χ2n) is 7.62. The molecule has 0 aromatic carbocycles. The molecule has 0 radical (unpaired) electrons. The molecule has 1 aromatic rings. The number of nitrogens with one attached hydrogen (secondary N) is 3. The van der Waals surface area contributed by atoms with Crippen LogP contribution in [-0.2, 0) is 11.8 Å². The number of urea groups is 1. The van der Waals surface area contributed by atoms with E-state index in [0.717, 1.165) is 0 Å². The Labute approximate surface area is 175 Å². The van der Waals surface area contributed by atoms with Crippen LogP contribution in [0.4, 0.5) is 23.7 Å². The van der Waals surface area contributed by atoms with Crippen LogP contribution in [0.2, 0.25) is 0 Å². The maximum Gasteiger partial charge on any atom is 0.405 e. The molecule has 12 heteroatoms. The van der Waals surface area contributed by atoms with Crippen LogP contribution in [-0.4, -0.2) is 64.2 Å². The number of aryl methyl sites for hydroxylation is 1. The Balaban J connectivity index is 1.56. The summed E-state index contributed by atoms with van der Waals surface area (Å²) in [5.41, 5.74) is 0.416. The fourth-order valence-electron chi connectivity index (χ4n) is 3.91. The van der Waals surface area contributed by atoms with E-state index in [1.54, 1.807) is 23.9 Å². The number of pyridine rings is 1. The number of alkyl halides is 3. The van der Waals surface area contributed by atoms with Gasteiger partial charge in [0.15, 0.2) is 0 Å². The van der Waals surface area contributed by atoms with Gasteiger partial charge in [-0.1, -0.05) is 6.08 Å². The molecule has 31 heavy (non-hydrogen) atoms. The summed E-state index contributed by atoms with van der Waals surface area (Å²) in [6, 6.07) is -0.500. The average Bonchev–Trinajstić information content (AvgIpc) is 3.12. The van der Waals surface area contributed by atoms with E-state index >= 15 is 0 Å². The van der Waals surface area contributed by atoms with E-state index in [4.69, 9.17) is 0 Å². The molecule has 2 bridgehead atoms. The summed E-state index contributed by atoms with van der Waals surface area (Å²) < 4.78 is 38.9. The minimum Gasteiger partial charge on any atom is -0.366 e. The number of anilines is 1. The van der Waals surface area contributed by atoms with Crippen molar-refractivity contribution in [1.82, 2.24) is 25.0 Å². The highest BCUT2D eigenvalue weighted by Crippen LogP contribution is 2.33. The molecule has 4 rings (SSSR count). The molecule has 4 heterocycles. The van der Waals surface area contributed by atoms with Crippen LogP contribution in [0.1, 0.15) is 6.42 Å². The first-order chi connectivity index (χ1) is 14.6. The predicted molar refractivity (Wildman–Crippen MR) is 105 cm³/mol. The highest BCUT2D eigenvalue weighted by Gasteiger charge is 2.43. The summed E-state index contributed by atoms with van der Waals surface area (Å²) >= 11 is 0. The van der Waals surface area contributed by atoms with Crippen molar-refractivity contribution < 1.29 is 22.8 Å². The minimum absolute atomic E-state index is 0.100. The van der Waals surface area contributed by atoms with E-state index in [1.807, 2.05) is 10.2 Å². The zero-order valence-electron chi connectivity index (χ0n) is 16.6. The van der Waals surface area contributed by atoms with Crippen molar-refractivity contribution in [3.05, 3.63) is 52.4 Å². The van der Waals surface area contributed by atoms with E-state index in [9.17, 15) is 27.6 Å². The summed E-state index contributed by atoms with van der Waals surface area (Å²) in [6.45, 7) is -0.173. The van der Waals surface area contributed by atoms with Gasteiger partial charge < -0.3 is 25.4 Å². The normalized spacial score (nSPS) is 22.2. The van der Waals surface area contributed by atoms with Crippen LogP contribution in [0, 0.1) is 0 Å². The van der Waals surface area contributed by atoms with Crippen LogP contribution >= 0.6 is 0 Å². The van der Waals surface area contributed by atoms with Gasteiger partial charge in [0, 0.05) is 38.6 Å². The lowest BCUT2D eigenvalue weighted by Gasteiger charge is -2.40. The van der Waals surface area contributed by atoms with Crippen molar-refractivity contribution in [2.75, 3.05) is 25.0 Å². The number of rotatable bonds is 3. The van der Waals surface area contributed by atoms with Gasteiger partial charge in [0.05, 0.1) is 11.7 Å². The molecule has 3 N–H and O–H groups in total. The predicted octanol–water partition coefficient (Wildman–Crippen LogP) is 0.683. The van der Waals surface area contributed by atoms with Crippen LogP contribution in [0.3, 0.4) is 0 Å². The second-order valence-corrected chi connectivity index (χ2v) is 7.62. The highest BCUT2D eigenvalue weighted by molar-refractivity contribution is 5.91. The molecular formula is C19H21F3N6O3. The third kappa shape index (κ3) is 4.23. The Morgan fingerprint density at radius 2 is 2.10 bits per heavy atom. The van der Waals surface area contributed by atoms with E-state index < -0.39 is 30.7 Å². The SMILES string of the molecule is Cn1ccc(=O)c(NC(=O)N2C3=C(C=CC(C(=O)NCC(F)(F)F)N3)N3CC[C@H]2C3)c1. The van der Waals surface area contributed by atoms with Crippen LogP contribution in [0.5, 0.6) is 0 Å². The van der Waals surface area contributed by atoms with Crippen LogP contribution < -0.4 is 21.4 Å². The molecular weight excluding hydrogens is 417 g/mol. The molecule has 3 aliphatic rings. The highest BCUT2D eigenvalue weighted by atomic mass is 19.4. The summed E-state index contributed by atoms with van der Waals surface area (Å²) in [7, 11) is 1.71. The van der Waals surface area contributed by atoms with Gasteiger partial charge in [0.1, 0.15) is 24.1 Å². The van der Waals surface area contributed by atoms with Gasteiger partial charge in [-0.15, -0.1) is 0 Å². The number of hydrogen-bond acceptors (Lipinski definition) is 5. The Morgan fingerprint density at radius 3 is 2.84 bits per heavy atom. The fourth-order valence-corrected chi connectivity index (χ4v) is 3.91. The van der Waals surface area contributed by atoms with Gasteiger partial charge >= 0.3 is 12.2 Å². The molecule has 3 amide bonds. The Hall–Kier alpha value is -3.44. The first kappa shape index (κ1) is 20.8. The molecule has 1 saturated heterocycles. The van der Waals surface area contributed by atoms with Crippen molar-refractivity contribution in [2.24, 2.45) is 7.05 Å². The Bertz CT molecular complexity index is 1030. The lowest BCUT2D eigenvalue weighted by molar-refractivity contribution is -0.138. The number of hydrogen-bond donors (Lipinski definition) is 3. The van der Waals surface area contributed by atoms with Crippen molar-refractivity contribution >= 4 is 17.6 Å². The molecule has 2 atom stereocenters. The van der Waals surface area contributed by atoms with Gasteiger partial charge in [-0.3, -0.25) is 14.5 Å². The second kappa shape index (κ2) is 7.67. The van der Waals surface area contributed by atoms with Gasteiger partial charge in [-0.05, 0) is 12.5 Å². The summed E-state index contributed by atoms with van der Waals surface area (Å²) in [5, 5.41) is 7.35.